The van der Waals surface area contributed by atoms with Crippen LogP contribution in [0.2, 0.25) is 0 Å². The van der Waals surface area contributed by atoms with Crippen LogP contribution in [-0.4, -0.2) is 38.5 Å². The van der Waals surface area contributed by atoms with Crippen LogP contribution >= 0.6 is 12.4 Å². The standard InChI is InChI=1S/C7H13NO2.ClH/c1-8(2)6-4-5-7(9)10-3;/h4-5H,6H2,1-3H3;1H/b5-4+;/i1D3;. The van der Waals surface area contributed by atoms with Gasteiger partial charge in [0.2, 0.25) is 0 Å². The molecule has 0 bridgehead atoms. The van der Waals surface area contributed by atoms with Crippen LogP contribution in [0.15, 0.2) is 12.2 Å². The lowest BCUT2D eigenvalue weighted by Crippen LogP contribution is -2.11. The zero-order chi connectivity index (χ0) is 10.5. The molecule has 0 radical (unpaired) electrons. The average molecular weight is 183 g/mol. The van der Waals surface area contributed by atoms with E-state index in [2.05, 4.69) is 4.74 Å². The van der Waals surface area contributed by atoms with E-state index in [9.17, 15) is 4.79 Å². The van der Waals surface area contributed by atoms with E-state index < -0.39 is 12.9 Å². The maximum atomic E-state index is 10.6. The SMILES string of the molecule is Cl.[2H]C([2H])([2H])N(C)C/C=C/C(=O)OC. The highest BCUT2D eigenvalue weighted by atomic mass is 35.5. The first kappa shape index (κ1) is 7.13. The minimum atomic E-state index is -2.12. The first-order chi connectivity index (χ1) is 5.88. The van der Waals surface area contributed by atoms with Gasteiger partial charge in [-0.2, -0.15) is 0 Å². The van der Waals surface area contributed by atoms with Gasteiger partial charge in [0.05, 0.1) is 7.11 Å². The van der Waals surface area contributed by atoms with E-state index >= 15 is 0 Å². The predicted molar refractivity (Wildman–Crippen MR) is 47.0 cm³/mol. The van der Waals surface area contributed by atoms with Gasteiger partial charge in [-0.1, -0.05) is 6.08 Å². The topological polar surface area (TPSA) is 29.5 Å². The van der Waals surface area contributed by atoms with Gasteiger partial charge in [0.15, 0.2) is 0 Å². The average Bonchev–Trinajstić information content (AvgIpc) is 2.02. The minimum Gasteiger partial charge on any atom is -0.466 e. The van der Waals surface area contributed by atoms with E-state index in [0.29, 0.717) is 0 Å². The summed E-state index contributed by atoms with van der Waals surface area (Å²) in [7, 11) is 2.72. The summed E-state index contributed by atoms with van der Waals surface area (Å²) >= 11 is 0. The molecule has 11 heavy (non-hydrogen) atoms. The number of carbonyl (C=O) groups is 1. The molecule has 0 aromatic carbocycles. The highest BCUT2D eigenvalue weighted by Gasteiger charge is 1.89. The molecule has 0 spiro atoms. The van der Waals surface area contributed by atoms with Crippen LogP contribution in [0.5, 0.6) is 0 Å². The number of methoxy groups -OCH3 is 1. The number of halogens is 1. The van der Waals surface area contributed by atoms with Crippen LogP contribution in [0.4, 0.5) is 0 Å². The fraction of sp³-hybridized carbons (Fsp3) is 0.571. The Bertz CT molecular complexity index is 206. The zero-order valence-electron chi connectivity index (χ0n) is 9.53. The summed E-state index contributed by atoms with van der Waals surface area (Å²) < 4.78 is 25.3. The predicted octanol–water partition coefficient (Wildman–Crippen LogP) is 0.699. The normalized spacial score (nSPS) is 15.0. The first-order valence-corrected chi connectivity index (χ1v) is 2.83. The molecule has 66 valence electrons. The molecule has 0 saturated heterocycles. The maximum absolute atomic E-state index is 10.6. The van der Waals surface area contributed by atoms with E-state index in [-0.39, 0.29) is 19.0 Å². The lowest BCUT2D eigenvalue weighted by atomic mass is 10.5. The zero-order valence-corrected chi connectivity index (χ0v) is 7.35. The number of nitrogens with zero attached hydrogens (tertiary/aromatic N) is 1. The molecule has 0 atom stereocenters. The summed E-state index contributed by atoms with van der Waals surface area (Å²) in [6.45, 7) is -1.94. The van der Waals surface area contributed by atoms with Crippen molar-refractivity contribution in [2.45, 2.75) is 0 Å². The lowest BCUT2D eigenvalue weighted by Gasteiger charge is -2.02. The van der Waals surface area contributed by atoms with Crippen LogP contribution in [0.3, 0.4) is 0 Å². The van der Waals surface area contributed by atoms with Crippen LogP contribution in [0, 0.1) is 0 Å². The number of carbonyl (C=O) groups excluding carboxylic acids is 1. The molecular formula is C7H14ClNO2. The van der Waals surface area contributed by atoms with Crippen molar-refractivity contribution in [3.8, 4) is 0 Å². The second-order valence-corrected chi connectivity index (χ2v) is 1.81. The van der Waals surface area contributed by atoms with E-state index in [4.69, 9.17) is 4.11 Å². The molecule has 0 aliphatic carbocycles. The van der Waals surface area contributed by atoms with E-state index in [1.54, 1.807) is 0 Å². The van der Waals surface area contributed by atoms with E-state index in [0.717, 1.165) is 4.90 Å². The first-order valence-electron chi connectivity index (χ1n) is 4.33. The Hall–Kier alpha value is -0.540. The molecule has 0 aliphatic heterocycles. The third-order valence-corrected chi connectivity index (χ3v) is 0.834. The van der Waals surface area contributed by atoms with Gasteiger partial charge in [0.25, 0.3) is 0 Å². The van der Waals surface area contributed by atoms with Gasteiger partial charge in [-0.15, -0.1) is 12.4 Å². The Balaban J connectivity index is 0. The number of rotatable bonds is 3. The van der Waals surface area contributed by atoms with Crippen molar-refractivity contribution in [3.63, 3.8) is 0 Å². The molecule has 0 fully saturated rings. The third-order valence-electron chi connectivity index (χ3n) is 0.834. The minimum absolute atomic E-state index is 0. The number of hydrogen-bond acceptors (Lipinski definition) is 3. The van der Waals surface area contributed by atoms with Crippen LogP contribution in [-0.2, 0) is 9.53 Å². The largest absolute Gasteiger partial charge is 0.466 e. The molecular weight excluding hydrogens is 166 g/mol. The Labute approximate surface area is 77.6 Å². The summed E-state index contributed by atoms with van der Waals surface area (Å²) in [6.07, 6.45) is 2.64. The van der Waals surface area contributed by atoms with Crippen molar-refractivity contribution in [2.75, 3.05) is 27.7 Å². The van der Waals surface area contributed by atoms with Gasteiger partial charge in [-0.3, -0.25) is 0 Å². The van der Waals surface area contributed by atoms with Gasteiger partial charge < -0.3 is 9.64 Å². The van der Waals surface area contributed by atoms with Crippen LogP contribution < -0.4 is 0 Å². The Morgan fingerprint density at radius 1 is 1.82 bits per heavy atom. The summed E-state index contributed by atoms with van der Waals surface area (Å²) in [4.78, 5) is 11.7. The fourth-order valence-electron chi connectivity index (χ4n) is 0.375. The smallest absolute Gasteiger partial charge is 0.330 e. The molecule has 3 nitrogen and oxygen atoms in total. The molecule has 4 heteroatoms. The highest BCUT2D eigenvalue weighted by molar-refractivity contribution is 5.85. The molecule has 0 rings (SSSR count). The third kappa shape index (κ3) is 9.46. The van der Waals surface area contributed by atoms with Gasteiger partial charge in [0.1, 0.15) is 0 Å². The fourth-order valence-corrected chi connectivity index (χ4v) is 0.375. The summed E-state index contributed by atoms with van der Waals surface area (Å²) in [5.74, 6) is -0.487. The molecule has 0 aromatic rings. The van der Waals surface area contributed by atoms with Gasteiger partial charge in [-0.25, -0.2) is 4.79 Å². The van der Waals surface area contributed by atoms with Crippen molar-refractivity contribution in [3.05, 3.63) is 12.2 Å². The number of hydrogen-bond donors (Lipinski definition) is 0. The van der Waals surface area contributed by atoms with Crippen molar-refractivity contribution < 1.29 is 13.6 Å². The monoisotopic (exact) mass is 182 g/mol. The van der Waals surface area contributed by atoms with Crippen molar-refractivity contribution >= 4 is 18.4 Å². The van der Waals surface area contributed by atoms with Gasteiger partial charge in [-0.05, 0) is 14.0 Å². The van der Waals surface area contributed by atoms with Crippen molar-refractivity contribution in [1.29, 1.82) is 0 Å². The Morgan fingerprint density at radius 2 is 2.45 bits per heavy atom. The molecule has 0 heterocycles. The molecule has 0 unspecified atom stereocenters. The van der Waals surface area contributed by atoms with Gasteiger partial charge in [0, 0.05) is 16.7 Å². The van der Waals surface area contributed by atoms with E-state index in [1.165, 1.54) is 26.3 Å². The number of esters is 1. The highest BCUT2D eigenvalue weighted by Crippen LogP contribution is 1.79. The Morgan fingerprint density at radius 3 is 2.91 bits per heavy atom. The van der Waals surface area contributed by atoms with Crippen molar-refractivity contribution in [2.24, 2.45) is 0 Å². The summed E-state index contributed by atoms with van der Waals surface area (Å²) in [5.41, 5.74) is 0. The Kier molecular flexibility index (Phi) is 4.90. The molecule has 0 aromatic heterocycles. The lowest BCUT2D eigenvalue weighted by molar-refractivity contribution is -0.134. The summed E-state index contributed by atoms with van der Waals surface area (Å²) in [6, 6.07) is 0. The number of ether oxygens (including phenoxy) is 1. The molecule has 0 aliphatic rings. The second kappa shape index (κ2) is 7.57. The molecule has 0 saturated carbocycles. The second-order valence-electron chi connectivity index (χ2n) is 1.81. The summed E-state index contributed by atoms with van der Waals surface area (Å²) in [5, 5.41) is 0. The molecule has 0 amide bonds. The number of likely N-dealkylation sites (N-methyl/N-ethyl adjacent to an activating group) is 1. The van der Waals surface area contributed by atoms with Gasteiger partial charge >= 0.3 is 5.97 Å². The van der Waals surface area contributed by atoms with Crippen molar-refractivity contribution in [1.82, 2.24) is 4.90 Å². The quantitative estimate of drug-likeness (QED) is 0.476. The maximum Gasteiger partial charge on any atom is 0.330 e. The molecule has 0 N–H and O–H groups in total. The van der Waals surface area contributed by atoms with Crippen LogP contribution in [0.25, 0.3) is 0 Å². The van der Waals surface area contributed by atoms with E-state index in [1.807, 2.05) is 0 Å². The van der Waals surface area contributed by atoms with Crippen LogP contribution in [0.1, 0.15) is 4.11 Å².